The average Bonchev–Trinajstić information content (AvgIpc) is 2.57. The lowest BCUT2D eigenvalue weighted by Crippen LogP contribution is -2.28. The number of hydrogen-bond acceptors (Lipinski definition) is 3. The minimum absolute atomic E-state index is 0.0381. The van der Waals surface area contributed by atoms with Gasteiger partial charge in [-0.3, -0.25) is 4.79 Å². The summed E-state index contributed by atoms with van der Waals surface area (Å²) in [6.45, 7) is 4.95. The smallest absolute Gasteiger partial charge is 0.238 e. The van der Waals surface area contributed by atoms with Gasteiger partial charge in [-0.15, -0.1) is 0 Å². The number of hydrogen-bond donors (Lipinski definition) is 2. The van der Waals surface area contributed by atoms with Gasteiger partial charge in [0.05, 0.1) is 13.7 Å². The largest absolute Gasteiger partial charge is 0.496 e. The number of benzene rings is 2. The molecule has 23 heavy (non-hydrogen) atoms. The van der Waals surface area contributed by atoms with Crippen molar-refractivity contribution in [1.29, 1.82) is 0 Å². The molecular weight excluding hydrogens is 288 g/mol. The maximum atomic E-state index is 12.2. The summed E-state index contributed by atoms with van der Waals surface area (Å²) < 4.78 is 5.30. The monoisotopic (exact) mass is 312 g/mol. The van der Waals surface area contributed by atoms with Crippen LogP contribution in [0.2, 0.25) is 0 Å². The van der Waals surface area contributed by atoms with E-state index in [0.717, 1.165) is 34.5 Å². The summed E-state index contributed by atoms with van der Waals surface area (Å²) in [7, 11) is 1.65. The maximum Gasteiger partial charge on any atom is 0.238 e. The van der Waals surface area contributed by atoms with Gasteiger partial charge in [-0.25, -0.2) is 0 Å². The van der Waals surface area contributed by atoms with Crippen molar-refractivity contribution < 1.29 is 9.53 Å². The van der Waals surface area contributed by atoms with Gasteiger partial charge in [-0.05, 0) is 30.5 Å². The van der Waals surface area contributed by atoms with Gasteiger partial charge >= 0.3 is 0 Å². The van der Waals surface area contributed by atoms with Crippen LogP contribution in [0.4, 0.5) is 5.69 Å². The lowest BCUT2D eigenvalue weighted by molar-refractivity contribution is -0.115. The quantitative estimate of drug-likeness (QED) is 0.825. The number of amides is 1. The van der Waals surface area contributed by atoms with Crippen LogP contribution in [0.3, 0.4) is 0 Å². The molecule has 0 aliphatic heterocycles. The second-order valence-corrected chi connectivity index (χ2v) is 5.43. The van der Waals surface area contributed by atoms with E-state index < -0.39 is 0 Å². The van der Waals surface area contributed by atoms with Gasteiger partial charge < -0.3 is 15.4 Å². The van der Waals surface area contributed by atoms with E-state index in [1.54, 1.807) is 7.11 Å². The summed E-state index contributed by atoms with van der Waals surface area (Å²) in [4.78, 5) is 12.2. The van der Waals surface area contributed by atoms with Crippen molar-refractivity contribution in [3.63, 3.8) is 0 Å². The van der Waals surface area contributed by atoms with Crippen LogP contribution < -0.4 is 15.4 Å². The number of rotatable bonds is 7. The Morgan fingerprint density at radius 3 is 2.57 bits per heavy atom. The highest BCUT2D eigenvalue weighted by molar-refractivity contribution is 5.93. The Balaban J connectivity index is 1.91. The van der Waals surface area contributed by atoms with Crippen LogP contribution in [0.15, 0.2) is 42.5 Å². The number of carbonyl (C=O) groups is 1. The molecule has 0 saturated carbocycles. The van der Waals surface area contributed by atoms with Gasteiger partial charge in [0.25, 0.3) is 0 Å². The van der Waals surface area contributed by atoms with E-state index in [0.29, 0.717) is 6.54 Å². The van der Waals surface area contributed by atoms with Crippen molar-refractivity contribution in [2.45, 2.75) is 26.8 Å². The van der Waals surface area contributed by atoms with Gasteiger partial charge in [-0.1, -0.05) is 43.3 Å². The highest BCUT2D eigenvalue weighted by Crippen LogP contribution is 2.21. The molecule has 0 atom stereocenters. The minimum Gasteiger partial charge on any atom is -0.496 e. The minimum atomic E-state index is -0.0381. The average molecular weight is 312 g/mol. The van der Waals surface area contributed by atoms with E-state index in [-0.39, 0.29) is 12.5 Å². The molecule has 0 aromatic heterocycles. The van der Waals surface area contributed by atoms with Crippen LogP contribution in [0.5, 0.6) is 5.75 Å². The summed E-state index contributed by atoms with van der Waals surface area (Å²) in [6, 6.07) is 13.9. The summed E-state index contributed by atoms with van der Waals surface area (Å²) in [5.74, 6) is 0.788. The Labute approximate surface area is 137 Å². The normalized spacial score (nSPS) is 10.4. The molecular formula is C19H24N2O2. The zero-order chi connectivity index (χ0) is 16.7. The third-order valence-electron chi connectivity index (χ3n) is 3.80. The molecule has 0 bridgehead atoms. The molecule has 122 valence electrons. The van der Waals surface area contributed by atoms with Crippen LogP contribution in [0.25, 0.3) is 0 Å². The summed E-state index contributed by atoms with van der Waals surface area (Å²) in [5, 5.41) is 6.17. The van der Waals surface area contributed by atoms with Gasteiger partial charge in [0.2, 0.25) is 5.91 Å². The van der Waals surface area contributed by atoms with Crippen molar-refractivity contribution >= 4 is 11.6 Å². The predicted octanol–water partition coefficient (Wildman–Crippen LogP) is 3.29. The third-order valence-corrected chi connectivity index (χ3v) is 3.80. The Morgan fingerprint density at radius 2 is 1.83 bits per heavy atom. The number of nitrogens with one attached hydrogen (secondary N) is 2. The van der Waals surface area contributed by atoms with Gasteiger partial charge in [-0.2, -0.15) is 0 Å². The third kappa shape index (κ3) is 4.57. The van der Waals surface area contributed by atoms with E-state index >= 15 is 0 Å². The molecule has 1 amide bonds. The molecule has 2 aromatic rings. The van der Waals surface area contributed by atoms with Crippen molar-refractivity contribution in [2.75, 3.05) is 19.0 Å². The van der Waals surface area contributed by atoms with Crippen molar-refractivity contribution in [3.8, 4) is 5.75 Å². The molecule has 4 heteroatoms. The number of para-hydroxylation sites is 2. The van der Waals surface area contributed by atoms with E-state index in [1.807, 2.05) is 49.4 Å². The van der Waals surface area contributed by atoms with Crippen molar-refractivity contribution in [3.05, 3.63) is 59.2 Å². The molecule has 0 aliphatic carbocycles. The molecule has 4 nitrogen and oxygen atoms in total. The molecule has 0 spiro atoms. The van der Waals surface area contributed by atoms with E-state index in [1.165, 1.54) is 0 Å². The maximum absolute atomic E-state index is 12.2. The highest BCUT2D eigenvalue weighted by atomic mass is 16.5. The summed E-state index contributed by atoms with van der Waals surface area (Å²) >= 11 is 0. The van der Waals surface area contributed by atoms with Crippen molar-refractivity contribution in [1.82, 2.24) is 5.32 Å². The number of ether oxygens (including phenoxy) is 1. The standard InChI is InChI=1S/C19H24N2O2/c1-4-15-10-7-8-14(2)19(15)21-18(22)13-20-12-16-9-5-6-11-17(16)23-3/h5-11,20H,4,12-13H2,1-3H3,(H,21,22). The molecule has 2 aromatic carbocycles. The number of anilines is 1. The SMILES string of the molecule is CCc1cccc(C)c1NC(=O)CNCc1ccccc1OC. The predicted molar refractivity (Wildman–Crippen MR) is 93.9 cm³/mol. The first-order chi connectivity index (χ1) is 11.2. The molecule has 0 fully saturated rings. The molecule has 0 heterocycles. The Kier molecular flexibility index (Phi) is 6.18. The second kappa shape index (κ2) is 8.34. The van der Waals surface area contributed by atoms with Crippen molar-refractivity contribution in [2.24, 2.45) is 0 Å². The highest BCUT2D eigenvalue weighted by Gasteiger charge is 2.09. The second-order valence-electron chi connectivity index (χ2n) is 5.43. The lowest BCUT2D eigenvalue weighted by atomic mass is 10.1. The van der Waals surface area contributed by atoms with E-state index in [2.05, 4.69) is 17.6 Å². The van der Waals surface area contributed by atoms with Gasteiger partial charge in [0.1, 0.15) is 5.75 Å². The van der Waals surface area contributed by atoms with E-state index in [9.17, 15) is 4.79 Å². The summed E-state index contributed by atoms with van der Waals surface area (Å²) in [6.07, 6.45) is 0.895. The first-order valence-corrected chi connectivity index (χ1v) is 7.86. The van der Waals surface area contributed by atoms with Crippen LogP contribution in [-0.4, -0.2) is 19.6 Å². The first-order valence-electron chi connectivity index (χ1n) is 7.86. The van der Waals surface area contributed by atoms with Crippen LogP contribution in [-0.2, 0) is 17.8 Å². The Bertz CT molecular complexity index is 668. The van der Waals surface area contributed by atoms with Crippen LogP contribution >= 0.6 is 0 Å². The van der Waals surface area contributed by atoms with Gasteiger partial charge in [0.15, 0.2) is 0 Å². The molecule has 0 unspecified atom stereocenters. The number of aryl methyl sites for hydroxylation is 2. The zero-order valence-electron chi connectivity index (χ0n) is 14.0. The molecule has 0 saturated heterocycles. The molecule has 2 rings (SSSR count). The summed E-state index contributed by atoms with van der Waals surface area (Å²) in [5.41, 5.74) is 4.21. The van der Waals surface area contributed by atoms with Gasteiger partial charge in [0, 0.05) is 17.8 Å². The topological polar surface area (TPSA) is 50.4 Å². The molecule has 2 N–H and O–H groups in total. The Morgan fingerprint density at radius 1 is 1.09 bits per heavy atom. The lowest BCUT2D eigenvalue weighted by Gasteiger charge is -2.14. The van der Waals surface area contributed by atoms with Crippen LogP contribution in [0.1, 0.15) is 23.6 Å². The number of methoxy groups -OCH3 is 1. The molecule has 0 radical (unpaired) electrons. The Hall–Kier alpha value is -2.33. The fourth-order valence-corrected chi connectivity index (χ4v) is 2.55. The van der Waals surface area contributed by atoms with Crippen LogP contribution in [0, 0.1) is 6.92 Å². The number of carbonyl (C=O) groups excluding carboxylic acids is 1. The fraction of sp³-hybridized carbons (Fsp3) is 0.316. The van der Waals surface area contributed by atoms with E-state index in [4.69, 9.17) is 4.74 Å². The fourth-order valence-electron chi connectivity index (χ4n) is 2.55. The molecule has 0 aliphatic rings. The zero-order valence-corrected chi connectivity index (χ0v) is 14.0. The first kappa shape index (κ1) is 17.0.